The van der Waals surface area contributed by atoms with Crippen LogP contribution >= 0.6 is 34.8 Å². The number of aryl methyl sites for hydroxylation is 1. The van der Waals surface area contributed by atoms with E-state index in [9.17, 15) is 9.59 Å². The zero-order chi connectivity index (χ0) is 21.9. The van der Waals surface area contributed by atoms with Gasteiger partial charge in [0.2, 0.25) is 3.79 Å². The molecule has 1 aliphatic rings. The van der Waals surface area contributed by atoms with Gasteiger partial charge in [0.25, 0.3) is 0 Å². The molecule has 0 aliphatic heterocycles. The molecule has 0 bridgehead atoms. The first-order valence-electron chi connectivity index (χ1n) is 9.43. The number of pyridine rings is 1. The van der Waals surface area contributed by atoms with Gasteiger partial charge in [-0.2, -0.15) is 0 Å². The Balaban J connectivity index is 0.00000171. The lowest BCUT2D eigenvalue weighted by molar-refractivity contribution is 0.0518. The van der Waals surface area contributed by atoms with Crippen molar-refractivity contribution >= 4 is 52.6 Å². The normalized spacial score (nSPS) is 11.9. The van der Waals surface area contributed by atoms with Crippen LogP contribution in [0.3, 0.4) is 0 Å². The summed E-state index contributed by atoms with van der Waals surface area (Å²) >= 11 is 16.7. The molecule has 1 amide bonds. The number of carbonyl (C=O) groups excluding carboxylic acids is 2. The molecule has 1 N–H and O–H groups in total. The van der Waals surface area contributed by atoms with Gasteiger partial charge in [-0.25, -0.2) is 14.6 Å². The van der Waals surface area contributed by atoms with Crippen LogP contribution in [0.4, 0.5) is 10.5 Å². The van der Waals surface area contributed by atoms with Gasteiger partial charge in [0.15, 0.2) is 5.69 Å². The fraction of sp³-hybridized carbons (Fsp3) is 0.632. The molecule has 0 atom stereocenters. The van der Waals surface area contributed by atoms with Crippen molar-refractivity contribution in [3.8, 4) is 0 Å². The lowest BCUT2D eigenvalue weighted by Crippen LogP contribution is -2.23. The summed E-state index contributed by atoms with van der Waals surface area (Å²) in [5.41, 5.74) is 2.90. The van der Waals surface area contributed by atoms with Gasteiger partial charge in [-0.15, -0.1) is 0 Å². The monoisotopic (exact) mass is 454 g/mol. The second-order valence-electron chi connectivity index (χ2n) is 5.28. The average Bonchev–Trinajstić information content (AvgIpc) is 3.13. The maximum Gasteiger partial charge on any atom is 0.411 e. The summed E-state index contributed by atoms with van der Waals surface area (Å²) in [6.45, 7) is 11.3. The minimum absolute atomic E-state index is 0.189. The standard InChI is InChI=1S/C15H17Cl3N2O4.2C2H6/c1-3-23-13(21)12-8(2)11(9-5-4-6-10(9)19-12)20-14(22)24-7-15(16,17)18;2*1-2/h3-7H2,1-2H3,(H,19,20,22);2*1-2H3. The number of esters is 1. The molecule has 0 aromatic carbocycles. The van der Waals surface area contributed by atoms with Crippen LogP contribution in [0.15, 0.2) is 0 Å². The molecular formula is C19H29Cl3N2O4. The van der Waals surface area contributed by atoms with Crippen LogP contribution in [0.25, 0.3) is 0 Å². The highest BCUT2D eigenvalue weighted by Gasteiger charge is 2.27. The molecule has 0 radical (unpaired) electrons. The highest BCUT2D eigenvalue weighted by Crippen LogP contribution is 2.33. The quantitative estimate of drug-likeness (QED) is 0.443. The average molecular weight is 456 g/mol. The predicted molar refractivity (Wildman–Crippen MR) is 115 cm³/mol. The lowest BCUT2D eigenvalue weighted by atomic mass is 10.1. The molecule has 1 aromatic rings. The smallest absolute Gasteiger partial charge is 0.411 e. The fourth-order valence-electron chi connectivity index (χ4n) is 2.54. The first-order chi connectivity index (χ1) is 13.2. The Morgan fingerprint density at radius 2 is 1.71 bits per heavy atom. The SMILES string of the molecule is CC.CC.CCOC(=O)c1nc2c(c(NC(=O)OCC(Cl)(Cl)Cl)c1C)CCC2. The molecule has 9 heteroatoms. The number of hydrogen-bond acceptors (Lipinski definition) is 5. The van der Waals surface area contributed by atoms with Crippen molar-refractivity contribution in [2.45, 2.75) is 64.6 Å². The van der Waals surface area contributed by atoms with E-state index in [1.165, 1.54) is 0 Å². The van der Waals surface area contributed by atoms with Gasteiger partial charge < -0.3 is 9.47 Å². The van der Waals surface area contributed by atoms with Crippen molar-refractivity contribution in [1.29, 1.82) is 0 Å². The number of carbonyl (C=O) groups is 2. The molecule has 1 heterocycles. The van der Waals surface area contributed by atoms with E-state index < -0.39 is 15.9 Å². The van der Waals surface area contributed by atoms with E-state index in [0.29, 0.717) is 11.3 Å². The summed E-state index contributed by atoms with van der Waals surface area (Å²) in [6.07, 6.45) is 1.62. The van der Waals surface area contributed by atoms with E-state index in [1.807, 2.05) is 27.7 Å². The van der Waals surface area contributed by atoms with Crippen molar-refractivity contribution in [1.82, 2.24) is 4.98 Å². The van der Waals surface area contributed by atoms with Gasteiger partial charge in [-0.1, -0.05) is 62.5 Å². The Kier molecular flexibility index (Phi) is 12.5. The highest BCUT2D eigenvalue weighted by atomic mass is 35.6. The fourth-order valence-corrected chi connectivity index (χ4v) is 2.70. The van der Waals surface area contributed by atoms with Gasteiger partial charge in [0.1, 0.15) is 6.61 Å². The van der Waals surface area contributed by atoms with Crippen LogP contribution in [-0.2, 0) is 22.3 Å². The molecule has 1 aliphatic carbocycles. The van der Waals surface area contributed by atoms with Crippen molar-refractivity contribution < 1.29 is 19.1 Å². The Bertz CT molecular complexity index is 662. The number of nitrogens with zero attached hydrogens (tertiary/aromatic N) is 1. The number of ether oxygens (including phenoxy) is 2. The van der Waals surface area contributed by atoms with Crippen molar-refractivity contribution in [2.75, 3.05) is 18.5 Å². The van der Waals surface area contributed by atoms with E-state index in [0.717, 1.165) is 30.5 Å². The number of aromatic nitrogens is 1. The Hall–Kier alpha value is -1.24. The van der Waals surface area contributed by atoms with Crippen LogP contribution in [0.1, 0.15) is 68.3 Å². The summed E-state index contributed by atoms with van der Waals surface area (Å²) in [5, 5.41) is 2.64. The molecule has 1 aromatic heterocycles. The number of halogens is 3. The summed E-state index contributed by atoms with van der Waals surface area (Å²) in [6, 6.07) is 0. The summed E-state index contributed by atoms with van der Waals surface area (Å²) in [5.74, 6) is -0.526. The predicted octanol–water partition coefficient (Wildman–Crippen LogP) is 6.03. The van der Waals surface area contributed by atoms with E-state index in [2.05, 4.69) is 10.3 Å². The number of alkyl halides is 3. The Morgan fingerprint density at radius 1 is 1.11 bits per heavy atom. The van der Waals surface area contributed by atoms with Gasteiger partial charge in [0.05, 0.1) is 12.3 Å². The van der Waals surface area contributed by atoms with Crippen molar-refractivity contribution in [2.24, 2.45) is 0 Å². The number of hydrogen-bond donors (Lipinski definition) is 1. The van der Waals surface area contributed by atoms with Crippen molar-refractivity contribution in [3.63, 3.8) is 0 Å². The molecule has 160 valence electrons. The summed E-state index contributed by atoms with van der Waals surface area (Å²) in [4.78, 5) is 28.4. The molecule has 0 fully saturated rings. The third-order valence-electron chi connectivity index (χ3n) is 3.53. The molecule has 0 saturated heterocycles. The van der Waals surface area contributed by atoms with E-state index in [4.69, 9.17) is 44.3 Å². The Labute approximate surface area is 182 Å². The molecule has 2 rings (SSSR count). The zero-order valence-corrected chi connectivity index (χ0v) is 19.5. The van der Waals surface area contributed by atoms with Crippen LogP contribution in [0.2, 0.25) is 0 Å². The van der Waals surface area contributed by atoms with Crippen LogP contribution in [0, 0.1) is 6.92 Å². The van der Waals surface area contributed by atoms with Crippen LogP contribution in [0.5, 0.6) is 0 Å². The summed E-state index contributed by atoms with van der Waals surface area (Å²) < 4.78 is 8.22. The second kappa shape index (κ2) is 13.1. The van der Waals surface area contributed by atoms with Gasteiger partial charge in [-0.3, -0.25) is 5.32 Å². The number of rotatable bonds is 4. The first-order valence-corrected chi connectivity index (χ1v) is 10.6. The minimum atomic E-state index is -1.69. The molecule has 0 spiro atoms. The molecule has 0 saturated carbocycles. The van der Waals surface area contributed by atoms with Gasteiger partial charge in [-0.05, 0) is 38.7 Å². The third kappa shape index (κ3) is 8.02. The molecular weight excluding hydrogens is 427 g/mol. The van der Waals surface area contributed by atoms with E-state index in [1.54, 1.807) is 13.8 Å². The minimum Gasteiger partial charge on any atom is -0.461 e. The number of fused-ring (bicyclic) bond motifs is 1. The van der Waals surface area contributed by atoms with Gasteiger partial charge >= 0.3 is 12.1 Å². The maximum absolute atomic E-state index is 12.1. The molecule has 6 nitrogen and oxygen atoms in total. The van der Waals surface area contributed by atoms with E-state index in [-0.39, 0.29) is 18.9 Å². The number of anilines is 1. The summed E-state index contributed by atoms with van der Waals surface area (Å²) in [7, 11) is 0. The number of amides is 1. The van der Waals surface area contributed by atoms with Crippen LogP contribution < -0.4 is 5.32 Å². The third-order valence-corrected chi connectivity index (χ3v) is 3.86. The topological polar surface area (TPSA) is 77.5 Å². The zero-order valence-electron chi connectivity index (χ0n) is 17.2. The molecule has 28 heavy (non-hydrogen) atoms. The van der Waals surface area contributed by atoms with Crippen molar-refractivity contribution in [3.05, 3.63) is 22.5 Å². The van der Waals surface area contributed by atoms with E-state index >= 15 is 0 Å². The lowest BCUT2D eigenvalue weighted by Gasteiger charge is -2.17. The highest BCUT2D eigenvalue weighted by molar-refractivity contribution is 6.67. The Morgan fingerprint density at radius 3 is 2.25 bits per heavy atom. The first kappa shape index (κ1) is 26.8. The second-order valence-corrected chi connectivity index (χ2v) is 7.79. The number of nitrogens with one attached hydrogen (secondary N) is 1. The molecule has 0 unspecified atom stereocenters. The maximum atomic E-state index is 12.1. The largest absolute Gasteiger partial charge is 0.461 e. The van der Waals surface area contributed by atoms with Gasteiger partial charge in [0, 0.05) is 11.3 Å². The van der Waals surface area contributed by atoms with Crippen LogP contribution in [-0.4, -0.2) is 34.1 Å².